The van der Waals surface area contributed by atoms with Gasteiger partial charge >= 0.3 is 5.97 Å². The molecule has 1 heterocycles. The van der Waals surface area contributed by atoms with Crippen molar-refractivity contribution in [1.29, 1.82) is 0 Å². The molecule has 0 aliphatic heterocycles. The van der Waals surface area contributed by atoms with Gasteiger partial charge in [0.2, 0.25) is 0 Å². The highest BCUT2D eigenvalue weighted by atomic mass is 16.5. The van der Waals surface area contributed by atoms with Crippen LogP contribution in [0.15, 0.2) is 37.0 Å². The van der Waals surface area contributed by atoms with Crippen molar-refractivity contribution in [1.82, 2.24) is 9.78 Å². The van der Waals surface area contributed by atoms with Crippen molar-refractivity contribution in [3.05, 3.63) is 53.9 Å². The first-order valence-corrected chi connectivity index (χ1v) is 6.67. The number of benzene rings is 1. The van der Waals surface area contributed by atoms with Gasteiger partial charge in [-0.15, -0.1) is 0 Å². The zero-order valence-corrected chi connectivity index (χ0v) is 12.2. The van der Waals surface area contributed by atoms with E-state index in [2.05, 4.69) is 11.7 Å². The minimum absolute atomic E-state index is 0.332. The van der Waals surface area contributed by atoms with E-state index in [1.165, 1.54) is 0 Å². The number of hydrogen-bond acceptors (Lipinski definition) is 4. The molecule has 5 nitrogen and oxygen atoms in total. The summed E-state index contributed by atoms with van der Waals surface area (Å²) in [5, 5.41) is 4.34. The first-order chi connectivity index (χ1) is 10.2. The van der Waals surface area contributed by atoms with Crippen molar-refractivity contribution < 1.29 is 14.3 Å². The topological polar surface area (TPSA) is 53.4 Å². The minimum Gasteiger partial charge on any atom is -0.497 e. The van der Waals surface area contributed by atoms with E-state index >= 15 is 0 Å². The van der Waals surface area contributed by atoms with E-state index < -0.39 is 0 Å². The molecule has 0 aliphatic rings. The lowest BCUT2D eigenvalue weighted by atomic mass is 10.2. The molecule has 1 aromatic carbocycles. The second kappa shape index (κ2) is 6.74. The number of esters is 1. The highest BCUT2D eigenvalue weighted by molar-refractivity contribution is 5.92. The lowest BCUT2D eigenvalue weighted by molar-refractivity contribution is 0.0526. The maximum absolute atomic E-state index is 11.8. The fraction of sp³-hybridized carbons (Fsp3) is 0.250. The minimum atomic E-state index is -0.381. The van der Waals surface area contributed by atoms with Gasteiger partial charge in [0.25, 0.3) is 0 Å². The number of hydrogen-bond donors (Lipinski definition) is 0. The molecule has 0 bridgehead atoms. The Kier molecular flexibility index (Phi) is 4.77. The van der Waals surface area contributed by atoms with Crippen LogP contribution in [-0.4, -0.2) is 29.5 Å². The van der Waals surface area contributed by atoms with E-state index in [0.29, 0.717) is 24.4 Å². The molecule has 1 aromatic heterocycles. The van der Waals surface area contributed by atoms with Crippen molar-refractivity contribution in [3.8, 4) is 5.75 Å². The summed E-state index contributed by atoms with van der Waals surface area (Å²) in [7, 11) is 1.63. The van der Waals surface area contributed by atoms with E-state index in [4.69, 9.17) is 9.47 Å². The molecule has 0 saturated heterocycles. The summed E-state index contributed by atoms with van der Waals surface area (Å²) in [6, 6.07) is 7.69. The second-order valence-electron chi connectivity index (χ2n) is 4.40. The third-order valence-electron chi connectivity index (χ3n) is 2.98. The summed E-state index contributed by atoms with van der Waals surface area (Å²) in [4.78, 5) is 11.8. The molecule has 2 aromatic rings. The third-order valence-corrected chi connectivity index (χ3v) is 2.98. The number of aromatic nitrogens is 2. The fourth-order valence-corrected chi connectivity index (χ4v) is 1.95. The van der Waals surface area contributed by atoms with Crippen LogP contribution in [-0.2, 0) is 11.3 Å². The van der Waals surface area contributed by atoms with E-state index in [0.717, 1.165) is 11.3 Å². The van der Waals surface area contributed by atoms with Crippen molar-refractivity contribution in [2.75, 3.05) is 13.7 Å². The first kappa shape index (κ1) is 14.8. The van der Waals surface area contributed by atoms with Gasteiger partial charge in [-0.25, -0.2) is 4.79 Å². The standard InChI is InChI=1S/C16H18N2O3/c1-4-15-14(16(19)21-5-2)11-18(17-15)10-12-6-8-13(20-3)9-7-12/h4,6-9,11H,1,5,10H2,2-3H3. The number of nitrogens with zero attached hydrogens (tertiary/aromatic N) is 2. The van der Waals surface area contributed by atoms with Crippen LogP contribution >= 0.6 is 0 Å². The van der Waals surface area contributed by atoms with Crippen LogP contribution in [0.5, 0.6) is 5.75 Å². The molecule has 0 atom stereocenters. The van der Waals surface area contributed by atoms with Crippen molar-refractivity contribution >= 4 is 12.0 Å². The average Bonchev–Trinajstić information content (AvgIpc) is 2.91. The highest BCUT2D eigenvalue weighted by Crippen LogP contribution is 2.14. The van der Waals surface area contributed by atoms with Gasteiger partial charge in [0.1, 0.15) is 11.3 Å². The van der Waals surface area contributed by atoms with Crippen LogP contribution in [0.1, 0.15) is 28.5 Å². The maximum Gasteiger partial charge on any atom is 0.341 e. The van der Waals surface area contributed by atoms with Gasteiger partial charge in [0.15, 0.2) is 0 Å². The molecule has 21 heavy (non-hydrogen) atoms. The molecule has 2 rings (SSSR count). The summed E-state index contributed by atoms with van der Waals surface area (Å²) >= 11 is 0. The molecular weight excluding hydrogens is 268 g/mol. The number of methoxy groups -OCH3 is 1. The highest BCUT2D eigenvalue weighted by Gasteiger charge is 2.15. The Morgan fingerprint density at radius 2 is 2.10 bits per heavy atom. The van der Waals surface area contributed by atoms with E-state index in [1.54, 1.807) is 31.0 Å². The molecule has 0 radical (unpaired) electrons. The monoisotopic (exact) mass is 286 g/mol. The number of rotatable bonds is 6. The smallest absolute Gasteiger partial charge is 0.341 e. The third kappa shape index (κ3) is 3.51. The van der Waals surface area contributed by atoms with Crippen molar-refractivity contribution in [2.24, 2.45) is 0 Å². The van der Waals surface area contributed by atoms with E-state index in [1.807, 2.05) is 24.3 Å². The zero-order valence-electron chi connectivity index (χ0n) is 12.2. The van der Waals surface area contributed by atoms with Crippen molar-refractivity contribution in [2.45, 2.75) is 13.5 Å². The fourth-order valence-electron chi connectivity index (χ4n) is 1.95. The normalized spacial score (nSPS) is 10.2. The van der Waals surface area contributed by atoms with Gasteiger partial charge < -0.3 is 9.47 Å². The summed E-state index contributed by atoms with van der Waals surface area (Å²) in [5.41, 5.74) is 2.02. The first-order valence-electron chi connectivity index (χ1n) is 6.67. The largest absolute Gasteiger partial charge is 0.497 e. The lowest BCUT2D eigenvalue weighted by Crippen LogP contribution is -2.05. The Balaban J connectivity index is 2.20. The van der Waals surface area contributed by atoms with Crippen molar-refractivity contribution in [3.63, 3.8) is 0 Å². The Labute approximate surface area is 123 Å². The van der Waals surface area contributed by atoms with Gasteiger partial charge in [-0.1, -0.05) is 18.7 Å². The van der Waals surface area contributed by atoms with E-state index in [-0.39, 0.29) is 5.97 Å². The maximum atomic E-state index is 11.8. The number of carbonyl (C=O) groups is 1. The molecule has 0 N–H and O–H groups in total. The second-order valence-corrected chi connectivity index (χ2v) is 4.40. The van der Waals surface area contributed by atoms with Crippen LogP contribution in [0, 0.1) is 0 Å². The molecule has 0 spiro atoms. The Bertz CT molecular complexity index is 629. The molecular formula is C16H18N2O3. The molecule has 0 amide bonds. The molecule has 5 heteroatoms. The van der Waals surface area contributed by atoms with Crippen LogP contribution < -0.4 is 4.74 Å². The summed E-state index contributed by atoms with van der Waals surface area (Å²) in [5.74, 6) is 0.423. The molecule has 0 saturated carbocycles. The molecule has 110 valence electrons. The predicted octanol–water partition coefficient (Wildman–Crippen LogP) is 2.76. The van der Waals surface area contributed by atoms with Crippen LogP contribution in [0.25, 0.3) is 6.08 Å². The quantitative estimate of drug-likeness (QED) is 0.766. The summed E-state index contributed by atoms with van der Waals surface area (Å²) in [6.07, 6.45) is 3.23. The SMILES string of the molecule is C=Cc1nn(Cc2ccc(OC)cc2)cc1C(=O)OCC. The summed E-state index contributed by atoms with van der Waals surface area (Å²) in [6.45, 7) is 6.34. The molecule has 0 unspecified atom stereocenters. The Morgan fingerprint density at radius 3 is 2.67 bits per heavy atom. The van der Waals surface area contributed by atoms with Gasteiger partial charge in [-0.05, 0) is 30.7 Å². The van der Waals surface area contributed by atoms with Gasteiger partial charge in [0, 0.05) is 6.20 Å². The number of carbonyl (C=O) groups excluding carboxylic acids is 1. The van der Waals surface area contributed by atoms with Gasteiger partial charge in [0.05, 0.1) is 26.0 Å². The predicted molar refractivity (Wildman–Crippen MR) is 80.4 cm³/mol. The zero-order chi connectivity index (χ0) is 15.2. The Hall–Kier alpha value is -2.56. The van der Waals surface area contributed by atoms with Crippen LogP contribution in [0.2, 0.25) is 0 Å². The Morgan fingerprint density at radius 1 is 1.38 bits per heavy atom. The van der Waals surface area contributed by atoms with Crippen LogP contribution in [0.3, 0.4) is 0 Å². The average molecular weight is 286 g/mol. The number of ether oxygens (including phenoxy) is 2. The van der Waals surface area contributed by atoms with Gasteiger partial charge in [-0.2, -0.15) is 5.10 Å². The molecule has 0 aliphatic carbocycles. The molecule has 0 fully saturated rings. The summed E-state index contributed by atoms with van der Waals surface area (Å²) < 4.78 is 11.8. The van der Waals surface area contributed by atoms with Crippen LogP contribution in [0.4, 0.5) is 0 Å². The van der Waals surface area contributed by atoms with Gasteiger partial charge in [-0.3, -0.25) is 4.68 Å². The van der Waals surface area contributed by atoms with E-state index in [9.17, 15) is 4.79 Å². The lowest BCUT2D eigenvalue weighted by Gasteiger charge is -2.03.